The van der Waals surface area contributed by atoms with E-state index in [4.69, 9.17) is 4.74 Å². The van der Waals surface area contributed by atoms with E-state index in [1.807, 2.05) is 36.4 Å². The number of aliphatic hydroxyl groups excluding tert-OH is 1. The zero-order valence-electron chi connectivity index (χ0n) is 11.3. The van der Waals surface area contributed by atoms with Crippen LogP contribution in [0.4, 0.5) is 0 Å². The van der Waals surface area contributed by atoms with Gasteiger partial charge in [0.2, 0.25) is 0 Å². The molecule has 2 rings (SSSR count). The van der Waals surface area contributed by atoms with E-state index in [9.17, 15) is 5.11 Å². The standard InChI is InChI=1S/C15H19N3O2/c19-15(9-17-8-14-6-7-16-12-18-14)11-20-10-13-4-2-1-3-5-13/h1-7,12,15,17,19H,8-11H2. The van der Waals surface area contributed by atoms with Crippen LogP contribution in [-0.2, 0) is 17.9 Å². The highest BCUT2D eigenvalue weighted by atomic mass is 16.5. The van der Waals surface area contributed by atoms with Crippen LogP contribution in [-0.4, -0.2) is 34.3 Å². The molecule has 0 fully saturated rings. The van der Waals surface area contributed by atoms with E-state index in [1.165, 1.54) is 6.33 Å². The smallest absolute Gasteiger partial charge is 0.115 e. The predicted molar refractivity (Wildman–Crippen MR) is 75.8 cm³/mol. The Labute approximate surface area is 118 Å². The summed E-state index contributed by atoms with van der Waals surface area (Å²) in [6, 6.07) is 11.7. The monoisotopic (exact) mass is 273 g/mol. The van der Waals surface area contributed by atoms with Gasteiger partial charge in [-0.05, 0) is 11.6 Å². The fourth-order valence-corrected chi connectivity index (χ4v) is 1.74. The maximum absolute atomic E-state index is 9.78. The molecule has 0 amide bonds. The third kappa shape index (κ3) is 5.44. The molecule has 0 aliphatic carbocycles. The van der Waals surface area contributed by atoms with E-state index in [2.05, 4.69) is 15.3 Å². The molecule has 0 saturated heterocycles. The zero-order chi connectivity index (χ0) is 14.0. The van der Waals surface area contributed by atoms with Crippen LogP contribution in [0.25, 0.3) is 0 Å². The van der Waals surface area contributed by atoms with Gasteiger partial charge in [-0.2, -0.15) is 0 Å². The van der Waals surface area contributed by atoms with Crippen LogP contribution in [0.15, 0.2) is 48.9 Å². The Hall–Kier alpha value is -1.82. The van der Waals surface area contributed by atoms with Gasteiger partial charge in [-0.1, -0.05) is 30.3 Å². The van der Waals surface area contributed by atoms with Crippen LogP contribution in [0, 0.1) is 0 Å². The number of aromatic nitrogens is 2. The molecule has 1 aromatic carbocycles. The van der Waals surface area contributed by atoms with Crippen LogP contribution < -0.4 is 5.32 Å². The summed E-state index contributed by atoms with van der Waals surface area (Å²) in [5.41, 5.74) is 2.01. The fourth-order valence-electron chi connectivity index (χ4n) is 1.74. The molecular formula is C15H19N3O2. The lowest BCUT2D eigenvalue weighted by molar-refractivity contribution is 0.0287. The quantitative estimate of drug-likeness (QED) is 0.755. The lowest BCUT2D eigenvalue weighted by Crippen LogP contribution is -2.30. The van der Waals surface area contributed by atoms with Gasteiger partial charge in [-0.25, -0.2) is 9.97 Å². The highest BCUT2D eigenvalue weighted by Gasteiger charge is 2.04. The maximum atomic E-state index is 9.78. The molecule has 2 N–H and O–H groups in total. The second-order valence-corrected chi connectivity index (χ2v) is 4.49. The first-order chi connectivity index (χ1) is 9.84. The van der Waals surface area contributed by atoms with Gasteiger partial charge in [0.1, 0.15) is 6.33 Å². The van der Waals surface area contributed by atoms with Crippen molar-refractivity contribution in [1.82, 2.24) is 15.3 Å². The normalized spacial score (nSPS) is 12.2. The Balaban J connectivity index is 1.58. The second kappa shape index (κ2) is 8.37. The highest BCUT2D eigenvalue weighted by molar-refractivity contribution is 5.13. The van der Waals surface area contributed by atoms with Crippen LogP contribution in [0.5, 0.6) is 0 Å². The molecule has 1 atom stereocenters. The first kappa shape index (κ1) is 14.6. The minimum absolute atomic E-state index is 0.311. The SMILES string of the molecule is OC(CNCc1ccncn1)COCc1ccccc1. The number of hydrogen-bond acceptors (Lipinski definition) is 5. The van der Waals surface area contributed by atoms with Crippen molar-refractivity contribution in [2.75, 3.05) is 13.2 Å². The summed E-state index contributed by atoms with van der Waals surface area (Å²) < 4.78 is 5.47. The zero-order valence-corrected chi connectivity index (χ0v) is 11.3. The molecule has 106 valence electrons. The summed E-state index contributed by atoms with van der Waals surface area (Å²) in [7, 11) is 0. The highest BCUT2D eigenvalue weighted by Crippen LogP contribution is 2.00. The van der Waals surface area contributed by atoms with Crippen molar-refractivity contribution in [3.05, 3.63) is 60.2 Å². The van der Waals surface area contributed by atoms with E-state index < -0.39 is 6.10 Å². The molecule has 0 bridgehead atoms. The van der Waals surface area contributed by atoms with Crippen molar-refractivity contribution in [2.24, 2.45) is 0 Å². The van der Waals surface area contributed by atoms with Crippen molar-refractivity contribution in [1.29, 1.82) is 0 Å². The topological polar surface area (TPSA) is 67.3 Å². The molecule has 1 heterocycles. The molecule has 0 saturated carbocycles. The molecule has 0 aliphatic heterocycles. The Morgan fingerprint density at radius 2 is 2.05 bits per heavy atom. The summed E-state index contributed by atoms with van der Waals surface area (Å²) in [6.07, 6.45) is 2.68. The minimum atomic E-state index is -0.527. The number of nitrogens with zero attached hydrogens (tertiary/aromatic N) is 2. The van der Waals surface area contributed by atoms with E-state index in [0.29, 0.717) is 26.3 Å². The van der Waals surface area contributed by atoms with E-state index in [1.54, 1.807) is 6.20 Å². The van der Waals surface area contributed by atoms with Gasteiger partial charge >= 0.3 is 0 Å². The second-order valence-electron chi connectivity index (χ2n) is 4.49. The van der Waals surface area contributed by atoms with Gasteiger partial charge in [0, 0.05) is 19.3 Å². The van der Waals surface area contributed by atoms with Crippen LogP contribution >= 0.6 is 0 Å². The predicted octanol–water partition coefficient (Wildman–Crippen LogP) is 1.14. The van der Waals surface area contributed by atoms with E-state index >= 15 is 0 Å². The van der Waals surface area contributed by atoms with Crippen molar-refractivity contribution < 1.29 is 9.84 Å². The third-order valence-corrected chi connectivity index (χ3v) is 2.75. The summed E-state index contributed by atoms with van der Waals surface area (Å²) >= 11 is 0. The van der Waals surface area contributed by atoms with Crippen molar-refractivity contribution in [3.63, 3.8) is 0 Å². The number of hydrogen-bond donors (Lipinski definition) is 2. The molecule has 20 heavy (non-hydrogen) atoms. The van der Waals surface area contributed by atoms with Crippen LogP contribution in [0.2, 0.25) is 0 Å². The molecule has 2 aromatic rings. The molecule has 5 heteroatoms. The summed E-state index contributed by atoms with van der Waals surface area (Å²) in [5, 5.41) is 12.9. The lowest BCUT2D eigenvalue weighted by atomic mass is 10.2. The minimum Gasteiger partial charge on any atom is -0.389 e. The molecular weight excluding hydrogens is 254 g/mol. The Bertz CT molecular complexity index is 433. The average molecular weight is 273 g/mol. The summed E-state index contributed by atoms with van der Waals surface area (Å²) in [4.78, 5) is 7.94. The maximum Gasteiger partial charge on any atom is 0.115 e. The van der Waals surface area contributed by atoms with E-state index in [0.717, 1.165) is 11.3 Å². The summed E-state index contributed by atoms with van der Waals surface area (Å²) in [6.45, 7) is 1.91. The first-order valence-corrected chi connectivity index (χ1v) is 6.60. The van der Waals surface area contributed by atoms with Gasteiger partial charge in [-0.3, -0.25) is 0 Å². The number of benzene rings is 1. The molecule has 0 radical (unpaired) electrons. The van der Waals surface area contributed by atoms with Crippen molar-refractivity contribution in [2.45, 2.75) is 19.3 Å². The van der Waals surface area contributed by atoms with Gasteiger partial charge in [0.05, 0.1) is 25.0 Å². The number of aliphatic hydroxyl groups is 1. The van der Waals surface area contributed by atoms with Gasteiger partial charge in [0.15, 0.2) is 0 Å². The van der Waals surface area contributed by atoms with Gasteiger partial charge < -0.3 is 15.2 Å². The molecule has 1 aromatic heterocycles. The number of nitrogens with one attached hydrogen (secondary N) is 1. The third-order valence-electron chi connectivity index (χ3n) is 2.75. The molecule has 1 unspecified atom stereocenters. The van der Waals surface area contributed by atoms with Crippen LogP contribution in [0.1, 0.15) is 11.3 Å². The number of rotatable bonds is 8. The largest absolute Gasteiger partial charge is 0.389 e. The molecule has 5 nitrogen and oxygen atoms in total. The Morgan fingerprint density at radius 3 is 2.80 bits per heavy atom. The Kier molecular flexibility index (Phi) is 6.10. The van der Waals surface area contributed by atoms with Crippen molar-refractivity contribution in [3.8, 4) is 0 Å². The van der Waals surface area contributed by atoms with E-state index in [-0.39, 0.29) is 0 Å². The fraction of sp³-hybridized carbons (Fsp3) is 0.333. The van der Waals surface area contributed by atoms with Gasteiger partial charge in [-0.15, -0.1) is 0 Å². The molecule has 0 spiro atoms. The van der Waals surface area contributed by atoms with Crippen LogP contribution in [0.3, 0.4) is 0 Å². The first-order valence-electron chi connectivity index (χ1n) is 6.60. The number of ether oxygens (including phenoxy) is 1. The average Bonchev–Trinajstić information content (AvgIpc) is 2.49. The summed E-state index contributed by atoms with van der Waals surface area (Å²) in [5.74, 6) is 0. The Morgan fingerprint density at radius 1 is 1.20 bits per heavy atom. The lowest BCUT2D eigenvalue weighted by Gasteiger charge is -2.12. The van der Waals surface area contributed by atoms with Crippen molar-refractivity contribution >= 4 is 0 Å². The van der Waals surface area contributed by atoms with Gasteiger partial charge in [0.25, 0.3) is 0 Å². The molecule has 0 aliphatic rings.